The minimum Gasteiger partial charge on any atom is -0.323 e. The van der Waals surface area contributed by atoms with Crippen molar-refractivity contribution in [1.82, 2.24) is 0 Å². The van der Waals surface area contributed by atoms with Crippen LogP contribution in [0.3, 0.4) is 0 Å². The third-order valence-electron chi connectivity index (χ3n) is 5.73. The topological polar surface area (TPSA) is 49.4 Å². The van der Waals surface area contributed by atoms with Crippen LogP contribution in [0.2, 0.25) is 0 Å². The second-order valence-electron chi connectivity index (χ2n) is 7.75. The van der Waals surface area contributed by atoms with E-state index in [1.807, 2.05) is 98.8 Å². The molecule has 1 aliphatic heterocycles. The summed E-state index contributed by atoms with van der Waals surface area (Å²) in [6.07, 6.45) is 2.10. The molecule has 0 bridgehead atoms. The number of nitrogens with zero attached hydrogens (tertiary/aromatic N) is 1. The third-order valence-corrected chi connectivity index (χ3v) is 6.26. The van der Waals surface area contributed by atoms with E-state index in [4.69, 9.17) is 0 Å². The Bertz CT molecular complexity index is 1160. The predicted molar refractivity (Wildman–Crippen MR) is 129 cm³/mol. The van der Waals surface area contributed by atoms with Gasteiger partial charge in [0, 0.05) is 15.8 Å². The molecule has 0 radical (unpaired) electrons. The van der Waals surface area contributed by atoms with Crippen molar-refractivity contribution < 1.29 is 9.59 Å². The first-order valence-electron chi connectivity index (χ1n) is 10.1. The van der Waals surface area contributed by atoms with Gasteiger partial charge in [0.05, 0.1) is 6.42 Å². The quantitative estimate of drug-likeness (QED) is 0.462. The first kappa shape index (κ1) is 21.1. The van der Waals surface area contributed by atoms with Gasteiger partial charge < -0.3 is 5.32 Å². The molecule has 1 unspecified atom stereocenters. The highest BCUT2D eigenvalue weighted by Gasteiger charge is 2.58. The highest BCUT2D eigenvalue weighted by molar-refractivity contribution is 9.10. The fourth-order valence-electron chi connectivity index (χ4n) is 3.99. The van der Waals surface area contributed by atoms with Crippen molar-refractivity contribution in [3.8, 4) is 0 Å². The average Bonchev–Trinajstić information content (AvgIpc) is 2.75. The zero-order valence-corrected chi connectivity index (χ0v) is 19.0. The number of amides is 2. The maximum Gasteiger partial charge on any atom is 0.255 e. The molecule has 4 nitrogen and oxygen atoms in total. The summed E-state index contributed by atoms with van der Waals surface area (Å²) >= 11 is 3.44. The molecule has 1 fully saturated rings. The molecule has 1 heterocycles. The van der Waals surface area contributed by atoms with Gasteiger partial charge in [-0.3, -0.25) is 14.5 Å². The van der Waals surface area contributed by atoms with E-state index in [2.05, 4.69) is 21.2 Å². The number of aryl methyl sites for hydroxylation is 1. The molecule has 31 heavy (non-hydrogen) atoms. The number of halogens is 1. The summed E-state index contributed by atoms with van der Waals surface area (Å²) in [5.41, 5.74) is 3.11. The number of carbonyl (C=O) groups is 2. The second kappa shape index (κ2) is 8.52. The van der Waals surface area contributed by atoms with Gasteiger partial charge >= 0.3 is 0 Å². The van der Waals surface area contributed by atoms with E-state index in [9.17, 15) is 9.59 Å². The Kier molecular flexibility index (Phi) is 5.79. The smallest absolute Gasteiger partial charge is 0.255 e. The lowest BCUT2D eigenvalue weighted by atomic mass is 9.75. The molecule has 3 aromatic rings. The minimum absolute atomic E-state index is 0.0805. The highest BCUT2D eigenvalue weighted by Crippen LogP contribution is 2.44. The van der Waals surface area contributed by atoms with Crippen LogP contribution in [0.25, 0.3) is 6.08 Å². The van der Waals surface area contributed by atoms with Crippen molar-refractivity contribution in [2.45, 2.75) is 25.8 Å². The predicted octanol–water partition coefficient (Wildman–Crippen LogP) is 5.98. The number of β-lactam (4-membered cyclic amide) rings is 1. The Labute approximate surface area is 190 Å². The summed E-state index contributed by atoms with van der Waals surface area (Å²) < 4.78 is 0.913. The maximum absolute atomic E-state index is 13.7. The Morgan fingerprint density at radius 3 is 2.29 bits per heavy atom. The molecule has 0 aromatic heterocycles. The summed E-state index contributed by atoms with van der Waals surface area (Å²) in [4.78, 5) is 28.2. The normalized spacial score (nSPS) is 18.5. The molecule has 1 atom stereocenters. The SMILES string of the molecule is C/C(=C\c1ccccc1)C1(C(=O)Nc2ccccc2C)CC(=O)N1c1ccc(Br)cc1. The van der Waals surface area contributed by atoms with E-state index in [-0.39, 0.29) is 18.2 Å². The van der Waals surface area contributed by atoms with Gasteiger partial charge in [-0.25, -0.2) is 0 Å². The van der Waals surface area contributed by atoms with E-state index in [0.29, 0.717) is 5.69 Å². The average molecular weight is 475 g/mol. The molecule has 3 aromatic carbocycles. The van der Waals surface area contributed by atoms with E-state index < -0.39 is 5.54 Å². The number of anilines is 2. The van der Waals surface area contributed by atoms with Crippen molar-refractivity contribution in [1.29, 1.82) is 0 Å². The second-order valence-corrected chi connectivity index (χ2v) is 8.67. The lowest BCUT2D eigenvalue weighted by Crippen LogP contribution is -2.70. The summed E-state index contributed by atoms with van der Waals surface area (Å²) in [5.74, 6) is -0.294. The van der Waals surface area contributed by atoms with Gasteiger partial charge in [-0.2, -0.15) is 0 Å². The van der Waals surface area contributed by atoms with E-state index in [1.165, 1.54) is 0 Å². The Morgan fingerprint density at radius 1 is 1.00 bits per heavy atom. The fraction of sp³-hybridized carbons (Fsp3) is 0.154. The van der Waals surface area contributed by atoms with Crippen molar-refractivity contribution in [2.75, 3.05) is 10.2 Å². The van der Waals surface area contributed by atoms with Gasteiger partial charge in [0.1, 0.15) is 0 Å². The van der Waals surface area contributed by atoms with Gasteiger partial charge in [0.25, 0.3) is 5.91 Å². The molecule has 0 aliphatic carbocycles. The van der Waals surface area contributed by atoms with Crippen LogP contribution in [0, 0.1) is 6.92 Å². The number of carbonyl (C=O) groups excluding carboxylic acids is 2. The molecule has 1 saturated heterocycles. The number of para-hydroxylation sites is 1. The number of hydrogen-bond acceptors (Lipinski definition) is 2. The van der Waals surface area contributed by atoms with Crippen molar-refractivity contribution in [3.05, 3.63) is 100 Å². The Balaban J connectivity index is 1.79. The van der Waals surface area contributed by atoms with Gasteiger partial charge in [0.2, 0.25) is 5.91 Å². The maximum atomic E-state index is 13.7. The van der Waals surface area contributed by atoms with Gasteiger partial charge in [-0.15, -0.1) is 0 Å². The molecule has 156 valence electrons. The zero-order chi connectivity index (χ0) is 22.0. The summed E-state index contributed by atoms with van der Waals surface area (Å²) in [6.45, 7) is 3.87. The molecule has 1 N–H and O–H groups in total. The largest absolute Gasteiger partial charge is 0.323 e. The van der Waals surface area contributed by atoms with Crippen LogP contribution in [0.4, 0.5) is 11.4 Å². The standard InChI is InChI=1S/C26H23BrN2O2/c1-18-8-6-7-11-23(18)28-25(31)26(19(2)16-20-9-4-3-5-10-20)17-24(30)29(26)22-14-12-21(27)13-15-22/h3-16H,17H2,1-2H3,(H,28,31)/b19-16+. The highest BCUT2D eigenvalue weighted by atomic mass is 79.9. The van der Waals surface area contributed by atoms with Crippen LogP contribution >= 0.6 is 15.9 Å². The molecule has 1 aliphatic rings. The van der Waals surface area contributed by atoms with Gasteiger partial charge in [-0.05, 0) is 60.9 Å². The van der Waals surface area contributed by atoms with Crippen LogP contribution in [0.15, 0.2) is 88.9 Å². The van der Waals surface area contributed by atoms with Crippen LogP contribution < -0.4 is 10.2 Å². The monoisotopic (exact) mass is 474 g/mol. The van der Waals surface area contributed by atoms with E-state index in [1.54, 1.807) is 4.90 Å². The first-order chi connectivity index (χ1) is 14.9. The van der Waals surface area contributed by atoms with Crippen molar-refractivity contribution in [3.63, 3.8) is 0 Å². The fourth-order valence-corrected chi connectivity index (χ4v) is 4.25. The van der Waals surface area contributed by atoms with Crippen LogP contribution in [-0.4, -0.2) is 17.4 Å². The number of benzene rings is 3. The molecule has 4 rings (SSSR count). The number of hydrogen-bond donors (Lipinski definition) is 1. The summed E-state index contributed by atoms with van der Waals surface area (Å²) in [6, 6.07) is 24.9. The van der Waals surface area contributed by atoms with E-state index >= 15 is 0 Å². The van der Waals surface area contributed by atoms with Crippen LogP contribution in [0.1, 0.15) is 24.5 Å². The summed E-state index contributed by atoms with van der Waals surface area (Å²) in [7, 11) is 0. The molecule has 2 amide bonds. The molecule has 5 heteroatoms. The molecule has 0 saturated carbocycles. The lowest BCUT2D eigenvalue weighted by Gasteiger charge is -2.51. The minimum atomic E-state index is -1.09. The lowest BCUT2D eigenvalue weighted by molar-refractivity contribution is -0.135. The van der Waals surface area contributed by atoms with Crippen molar-refractivity contribution in [2.24, 2.45) is 0 Å². The van der Waals surface area contributed by atoms with Crippen molar-refractivity contribution >= 4 is 45.2 Å². The molecular formula is C26H23BrN2O2. The van der Waals surface area contributed by atoms with E-state index in [0.717, 1.165) is 26.9 Å². The third kappa shape index (κ3) is 3.93. The van der Waals surface area contributed by atoms with Gasteiger partial charge in [0.15, 0.2) is 5.54 Å². The van der Waals surface area contributed by atoms with Crippen LogP contribution in [0.5, 0.6) is 0 Å². The number of rotatable bonds is 5. The van der Waals surface area contributed by atoms with Gasteiger partial charge in [-0.1, -0.05) is 70.5 Å². The number of nitrogens with one attached hydrogen (secondary N) is 1. The molecular weight excluding hydrogens is 452 g/mol. The molecule has 0 spiro atoms. The Hall–Kier alpha value is -3.18. The zero-order valence-electron chi connectivity index (χ0n) is 17.4. The first-order valence-corrected chi connectivity index (χ1v) is 10.9. The summed E-state index contributed by atoms with van der Waals surface area (Å²) in [5, 5.41) is 3.07. The Morgan fingerprint density at radius 2 is 1.65 bits per heavy atom. The van der Waals surface area contributed by atoms with Crippen LogP contribution in [-0.2, 0) is 9.59 Å².